The fourth-order valence-electron chi connectivity index (χ4n) is 2.49. The van der Waals surface area contributed by atoms with Crippen LogP contribution in [-0.4, -0.2) is 25.4 Å². The number of benzene rings is 1. The highest BCUT2D eigenvalue weighted by Gasteiger charge is 2.11. The van der Waals surface area contributed by atoms with Crippen LogP contribution in [0.25, 0.3) is 11.0 Å². The predicted octanol–water partition coefficient (Wildman–Crippen LogP) is 3.27. The summed E-state index contributed by atoms with van der Waals surface area (Å²) >= 11 is 5.92. The van der Waals surface area contributed by atoms with Crippen LogP contribution in [0, 0.1) is 13.8 Å². The first-order chi connectivity index (χ1) is 10.2. The number of imidazole rings is 1. The molecule has 0 spiro atoms. The fraction of sp³-hybridized carbons (Fsp3) is 0.312. The molecule has 108 valence electrons. The number of rotatable bonds is 4. The first-order valence-corrected chi connectivity index (χ1v) is 7.51. The number of nitrogens with zero attached hydrogens (tertiary/aromatic N) is 4. The van der Waals surface area contributed by atoms with Crippen LogP contribution in [-0.2, 0) is 13.0 Å². The Hall–Kier alpha value is -1.94. The molecule has 0 amide bonds. The summed E-state index contributed by atoms with van der Waals surface area (Å²) < 4.78 is 2.20. The van der Waals surface area contributed by atoms with Crippen molar-refractivity contribution in [2.45, 2.75) is 26.8 Å². The average Bonchev–Trinajstić information content (AvgIpc) is 2.77. The van der Waals surface area contributed by atoms with E-state index in [4.69, 9.17) is 16.6 Å². The second-order valence-electron chi connectivity index (χ2n) is 5.14. The van der Waals surface area contributed by atoms with Crippen LogP contribution < -0.4 is 0 Å². The minimum Gasteiger partial charge on any atom is -0.322 e. The Bertz CT molecular complexity index is 779. The minimum atomic E-state index is 0.561. The summed E-state index contributed by atoms with van der Waals surface area (Å²) in [5.74, 6) is 2.35. The molecule has 0 N–H and O–H groups in total. The molecule has 0 saturated carbocycles. The smallest absolute Gasteiger partial charge is 0.125 e. The van der Waals surface area contributed by atoms with Crippen LogP contribution in [0.15, 0.2) is 30.5 Å². The highest BCUT2D eigenvalue weighted by atomic mass is 35.5. The quantitative estimate of drug-likeness (QED) is 0.695. The number of halogens is 1. The van der Waals surface area contributed by atoms with Crippen molar-refractivity contribution >= 4 is 22.6 Å². The van der Waals surface area contributed by atoms with Gasteiger partial charge in [-0.1, -0.05) is 6.07 Å². The van der Waals surface area contributed by atoms with Gasteiger partial charge in [0.2, 0.25) is 0 Å². The van der Waals surface area contributed by atoms with E-state index < -0.39 is 0 Å². The van der Waals surface area contributed by atoms with Crippen molar-refractivity contribution < 1.29 is 0 Å². The van der Waals surface area contributed by atoms with E-state index in [9.17, 15) is 0 Å². The topological polar surface area (TPSA) is 43.6 Å². The van der Waals surface area contributed by atoms with Gasteiger partial charge >= 0.3 is 0 Å². The van der Waals surface area contributed by atoms with Crippen LogP contribution in [0.3, 0.4) is 0 Å². The number of fused-ring (bicyclic) bond motifs is 1. The van der Waals surface area contributed by atoms with Crippen molar-refractivity contribution in [2.75, 3.05) is 5.88 Å². The van der Waals surface area contributed by atoms with Gasteiger partial charge in [0, 0.05) is 18.5 Å². The lowest BCUT2D eigenvalue weighted by molar-refractivity contribution is 0.730. The molecule has 4 nitrogen and oxygen atoms in total. The van der Waals surface area contributed by atoms with E-state index in [1.165, 1.54) is 5.56 Å². The number of alkyl halides is 1. The molecule has 0 atom stereocenters. The lowest BCUT2D eigenvalue weighted by Gasteiger charge is -2.08. The third-order valence-electron chi connectivity index (χ3n) is 3.45. The van der Waals surface area contributed by atoms with E-state index in [-0.39, 0.29) is 0 Å². The van der Waals surface area contributed by atoms with Gasteiger partial charge in [0.15, 0.2) is 0 Å². The maximum absolute atomic E-state index is 5.92. The summed E-state index contributed by atoms with van der Waals surface area (Å²) in [6.45, 7) is 4.68. The van der Waals surface area contributed by atoms with Crippen molar-refractivity contribution in [3.8, 4) is 0 Å². The van der Waals surface area contributed by atoms with Crippen molar-refractivity contribution in [1.82, 2.24) is 19.5 Å². The molecule has 2 aromatic heterocycles. The molecular formula is C16H17ClN4. The summed E-state index contributed by atoms with van der Waals surface area (Å²) in [6.07, 6.45) is 2.54. The number of hydrogen-bond donors (Lipinski definition) is 0. The number of hydrogen-bond acceptors (Lipinski definition) is 3. The van der Waals surface area contributed by atoms with E-state index in [1.807, 2.05) is 13.0 Å². The van der Waals surface area contributed by atoms with Gasteiger partial charge in [-0.05, 0) is 37.6 Å². The fourth-order valence-corrected chi connectivity index (χ4v) is 2.66. The van der Waals surface area contributed by atoms with Gasteiger partial charge in [-0.15, -0.1) is 11.6 Å². The van der Waals surface area contributed by atoms with Crippen LogP contribution in [0.1, 0.15) is 22.9 Å². The summed E-state index contributed by atoms with van der Waals surface area (Å²) in [4.78, 5) is 13.3. The summed E-state index contributed by atoms with van der Waals surface area (Å²) in [5.41, 5.74) is 4.34. The van der Waals surface area contributed by atoms with Gasteiger partial charge in [0.25, 0.3) is 0 Å². The maximum Gasteiger partial charge on any atom is 0.125 e. The lowest BCUT2D eigenvalue weighted by Crippen LogP contribution is -2.08. The zero-order chi connectivity index (χ0) is 14.8. The van der Waals surface area contributed by atoms with Gasteiger partial charge in [-0.25, -0.2) is 15.0 Å². The highest BCUT2D eigenvalue weighted by Crippen LogP contribution is 2.20. The Balaban J connectivity index is 2.10. The standard InChI is InChI=1S/C16H17ClN4/c1-11-3-4-14-15(9-11)21(16(20-14)5-7-17)10-13-6-8-18-12(2)19-13/h3-4,6,8-9H,5,7,10H2,1-2H3. The van der Waals surface area contributed by atoms with Crippen LogP contribution in [0.5, 0.6) is 0 Å². The van der Waals surface area contributed by atoms with Crippen molar-refractivity contribution in [2.24, 2.45) is 0 Å². The van der Waals surface area contributed by atoms with Crippen molar-refractivity contribution in [1.29, 1.82) is 0 Å². The maximum atomic E-state index is 5.92. The summed E-state index contributed by atoms with van der Waals surface area (Å²) in [6, 6.07) is 8.25. The van der Waals surface area contributed by atoms with E-state index in [2.05, 4.69) is 39.7 Å². The van der Waals surface area contributed by atoms with E-state index in [1.54, 1.807) is 6.20 Å². The molecule has 5 heteroatoms. The molecule has 0 aliphatic heterocycles. The largest absolute Gasteiger partial charge is 0.322 e. The predicted molar refractivity (Wildman–Crippen MR) is 84.8 cm³/mol. The van der Waals surface area contributed by atoms with Crippen molar-refractivity contribution in [3.05, 3.63) is 53.4 Å². The molecule has 0 aliphatic rings. The Morgan fingerprint density at radius 1 is 1.14 bits per heavy atom. The van der Waals surface area contributed by atoms with Crippen molar-refractivity contribution in [3.63, 3.8) is 0 Å². The third-order valence-corrected chi connectivity index (χ3v) is 3.64. The lowest BCUT2D eigenvalue weighted by atomic mass is 10.2. The Labute approximate surface area is 128 Å². The molecule has 0 bridgehead atoms. The third kappa shape index (κ3) is 2.90. The van der Waals surface area contributed by atoms with Crippen LogP contribution in [0.2, 0.25) is 0 Å². The molecule has 0 aliphatic carbocycles. The molecule has 0 unspecified atom stereocenters. The SMILES string of the molecule is Cc1ccc2nc(CCCl)n(Cc3ccnc(C)n3)c2c1. The zero-order valence-corrected chi connectivity index (χ0v) is 12.9. The van der Waals surface area contributed by atoms with Gasteiger partial charge < -0.3 is 4.57 Å². The zero-order valence-electron chi connectivity index (χ0n) is 12.2. The second-order valence-corrected chi connectivity index (χ2v) is 5.52. The molecule has 0 saturated heterocycles. The minimum absolute atomic E-state index is 0.561. The Kier molecular flexibility index (Phi) is 3.88. The molecule has 3 aromatic rings. The van der Waals surface area contributed by atoms with Gasteiger partial charge in [0.05, 0.1) is 23.3 Å². The van der Waals surface area contributed by atoms with Gasteiger partial charge in [0.1, 0.15) is 11.6 Å². The first-order valence-electron chi connectivity index (χ1n) is 6.97. The molecule has 2 heterocycles. The van der Waals surface area contributed by atoms with E-state index in [0.29, 0.717) is 12.4 Å². The molecular weight excluding hydrogens is 284 g/mol. The average molecular weight is 301 g/mol. The normalized spacial score (nSPS) is 11.2. The number of aromatic nitrogens is 4. The Morgan fingerprint density at radius 2 is 2.00 bits per heavy atom. The highest BCUT2D eigenvalue weighted by molar-refractivity contribution is 6.17. The molecule has 3 rings (SSSR count). The molecule has 0 radical (unpaired) electrons. The van der Waals surface area contributed by atoms with E-state index in [0.717, 1.165) is 34.8 Å². The second kappa shape index (κ2) is 5.82. The van der Waals surface area contributed by atoms with Crippen LogP contribution >= 0.6 is 11.6 Å². The summed E-state index contributed by atoms with van der Waals surface area (Å²) in [7, 11) is 0. The molecule has 1 aromatic carbocycles. The monoisotopic (exact) mass is 300 g/mol. The van der Waals surface area contributed by atoms with Gasteiger partial charge in [-0.2, -0.15) is 0 Å². The Morgan fingerprint density at radius 3 is 2.76 bits per heavy atom. The first kappa shape index (κ1) is 14.0. The molecule has 0 fully saturated rings. The number of aryl methyl sites for hydroxylation is 3. The van der Waals surface area contributed by atoms with Crippen LogP contribution in [0.4, 0.5) is 0 Å². The van der Waals surface area contributed by atoms with Gasteiger partial charge in [-0.3, -0.25) is 0 Å². The molecule has 21 heavy (non-hydrogen) atoms. The summed E-state index contributed by atoms with van der Waals surface area (Å²) in [5, 5.41) is 0. The van der Waals surface area contributed by atoms with E-state index >= 15 is 0 Å².